The number of carbonyl (C=O) groups is 2. The van der Waals surface area contributed by atoms with Crippen molar-refractivity contribution in [2.45, 2.75) is 18.9 Å². The number of hydrogen-bond acceptors (Lipinski definition) is 3. The van der Waals surface area contributed by atoms with Crippen molar-refractivity contribution >= 4 is 28.5 Å². The van der Waals surface area contributed by atoms with Gasteiger partial charge in [0.15, 0.2) is 5.54 Å². The number of aromatic amines is 1. The van der Waals surface area contributed by atoms with Crippen LogP contribution in [0.15, 0.2) is 36.4 Å². The molecule has 1 atom stereocenters. The number of fused-ring (bicyclic) bond motifs is 5. The number of methoxy groups -OCH3 is 1. The van der Waals surface area contributed by atoms with Crippen LogP contribution in [0.1, 0.15) is 18.2 Å². The van der Waals surface area contributed by atoms with E-state index in [0.717, 1.165) is 33.5 Å². The molecule has 0 unspecified atom stereocenters. The van der Waals surface area contributed by atoms with Gasteiger partial charge >= 0.3 is 6.03 Å². The standard InChI is InChI=1S/C21H17F2N3O3/c1-21-18-13(14-10-12(29-2)4-5-16(14)24-18)7-8-25(21)20(28)26(19(21)27)17-6-3-11(22)9-15(17)23/h3-6,9-10,24H,7-8H2,1-2H3/t21-/m1/s1. The Balaban J connectivity index is 1.68. The van der Waals surface area contributed by atoms with Crippen LogP contribution in [-0.4, -0.2) is 35.5 Å². The molecule has 2 aliphatic rings. The molecule has 3 heterocycles. The molecule has 0 spiro atoms. The van der Waals surface area contributed by atoms with E-state index in [2.05, 4.69) is 4.98 Å². The zero-order valence-electron chi connectivity index (χ0n) is 15.8. The molecule has 2 aromatic carbocycles. The second-order valence-electron chi connectivity index (χ2n) is 7.38. The summed E-state index contributed by atoms with van der Waals surface area (Å²) in [5.41, 5.74) is 0.801. The number of anilines is 1. The highest BCUT2D eigenvalue weighted by atomic mass is 19.1. The average molecular weight is 397 g/mol. The first-order valence-corrected chi connectivity index (χ1v) is 9.16. The summed E-state index contributed by atoms with van der Waals surface area (Å²) in [5.74, 6) is -1.62. The molecule has 3 amide bonds. The van der Waals surface area contributed by atoms with Gasteiger partial charge in [0.1, 0.15) is 17.4 Å². The van der Waals surface area contributed by atoms with Gasteiger partial charge in [0.25, 0.3) is 5.91 Å². The number of nitrogens with one attached hydrogen (secondary N) is 1. The fraction of sp³-hybridized carbons (Fsp3) is 0.238. The molecule has 3 aromatic rings. The zero-order chi connectivity index (χ0) is 20.5. The van der Waals surface area contributed by atoms with Crippen molar-refractivity contribution in [2.24, 2.45) is 0 Å². The van der Waals surface area contributed by atoms with Crippen molar-refractivity contribution in [2.75, 3.05) is 18.6 Å². The highest BCUT2D eigenvalue weighted by Crippen LogP contribution is 2.46. The van der Waals surface area contributed by atoms with Gasteiger partial charge in [-0.1, -0.05) is 0 Å². The van der Waals surface area contributed by atoms with E-state index in [1.807, 2.05) is 18.2 Å². The summed E-state index contributed by atoms with van der Waals surface area (Å²) in [4.78, 5) is 32.0. The maximum absolute atomic E-state index is 14.4. The summed E-state index contributed by atoms with van der Waals surface area (Å²) >= 11 is 0. The van der Waals surface area contributed by atoms with Crippen LogP contribution in [0.3, 0.4) is 0 Å². The van der Waals surface area contributed by atoms with E-state index in [0.29, 0.717) is 30.5 Å². The Kier molecular flexibility index (Phi) is 3.53. The molecule has 1 fully saturated rings. The smallest absolute Gasteiger partial charge is 0.332 e. The van der Waals surface area contributed by atoms with E-state index in [4.69, 9.17) is 4.74 Å². The summed E-state index contributed by atoms with van der Waals surface area (Å²) in [6, 6.07) is 7.74. The average Bonchev–Trinajstić information content (AvgIpc) is 3.16. The molecular weight excluding hydrogens is 380 g/mol. The Labute approximate surface area is 164 Å². The molecule has 29 heavy (non-hydrogen) atoms. The first-order chi connectivity index (χ1) is 13.9. The number of carbonyl (C=O) groups excluding carboxylic acids is 2. The lowest BCUT2D eigenvalue weighted by Crippen LogP contribution is -2.49. The number of benzene rings is 2. The van der Waals surface area contributed by atoms with E-state index in [1.165, 1.54) is 4.90 Å². The molecule has 0 saturated carbocycles. The highest BCUT2D eigenvalue weighted by molar-refractivity contribution is 6.23. The van der Waals surface area contributed by atoms with Gasteiger partial charge in [0.05, 0.1) is 18.5 Å². The Morgan fingerprint density at radius 1 is 1.14 bits per heavy atom. The van der Waals surface area contributed by atoms with Gasteiger partial charge in [0, 0.05) is 23.5 Å². The van der Waals surface area contributed by atoms with Crippen LogP contribution in [0.2, 0.25) is 0 Å². The maximum Gasteiger partial charge on any atom is 0.332 e. The van der Waals surface area contributed by atoms with Crippen LogP contribution in [0.5, 0.6) is 5.75 Å². The summed E-state index contributed by atoms with van der Waals surface area (Å²) in [7, 11) is 1.58. The van der Waals surface area contributed by atoms with Crippen LogP contribution in [0.25, 0.3) is 10.9 Å². The molecule has 6 nitrogen and oxygen atoms in total. The topological polar surface area (TPSA) is 65.6 Å². The van der Waals surface area contributed by atoms with Gasteiger partial charge in [-0.05, 0) is 49.2 Å². The minimum absolute atomic E-state index is 0.253. The third-order valence-electron chi connectivity index (χ3n) is 5.92. The number of ether oxygens (including phenoxy) is 1. The van der Waals surface area contributed by atoms with E-state index in [-0.39, 0.29) is 5.69 Å². The molecule has 5 rings (SSSR count). The van der Waals surface area contributed by atoms with E-state index in [9.17, 15) is 18.4 Å². The lowest BCUT2D eigenvalue weighted by Gasteiger charge is -2.35. The highest BCUT2D eigenvalue weighted by Gasteiger charge is 2.59. The number of nitrogens with zero attached hydrogens (tertiary/aromatic N) is 2. The van der Waals surface area contributed by atoms with Gasteiger partial charge < -0.3 is 14.6 Å². The number of aromatic nitrogens is 1. The molecule has 0 bridgehead atoms. The SMILES string of the molecule is COc1ccc2[nH]c3c(c2c1)CCN1C(=O)N(c2ccc(F)cc2F)C(=O)[C@@]31C. The largest absolute Gasteiger partial charge is 0.497 e. The fourth-order valence-corrected chi connectivity index (χ4v) is 4.42. The van der Waals surface area contributed by atoms with Crippen LogP contribution in [0.4, 0.5) is 19.3 Å². The number of urea groups is 1. The van der Waals surface area contributed by atoms with Crippen LogP contribution >= 0.6 is 0 Å². The number of hydrogen-bond donors (Lipinski definition) is 1. The maximum atomic E-state index is 14.4. The molecule has 0 radical (unpaired) electrons. The van der Waals surface area contributed by atoms with Crippen molar-refractivity contribution in [3.63, 3.8) is 0 Å². The van der Waals surface area contributed by atoms with Crippen molar-refractivity contribution in [3.8, 4) is 5.75 Å². The second-order valence-corrected chi connectivity index (χ2v) is 7.38. The molecule has 2 aliphatic heterocycles. The summed E-state index contributed by atoms with van der Waals surface area (Å²) in [6.07, 6.45) is 0.539. The van der Waals surface area contributed by atoms with Crippen molar-refractivity contribution < 1.29 is 23.1 Å². The molecule has 1 saturated heterocycles. The van der Waals surface area contributed by atoms with Crippen molar-refractivity contribution in [1.29, 1.82) is 0 Å². The van der Waals surface area contributed by atoms with Gasteiger partial charge in [-0.3, -0.25) is 4.79 Å². The summed E-state index contributed by atoms with van der Waals surface area (Å²) in [6.45, 7) is 1.96. The Bertz CT molecular complexity index is 1210. The molecule has 8 heteroatoms. The van der Waals surface area contributed by atoms with Crippen LogP contribution in [-0.2, 0) is 16.8 Å². The Hall–Kier alpha value is -3.42. The molecule has 0 aliphatic carbocycles. The van der Waals surface area contributed by atoms with Crippen LogP contribution < -0.4 is 9.64 Å². The van der Waals surface area contributed by atoms with E-state index >= 15 is 0 Å². The lowest BCUT2D eigenvalue weighted by molar-refractivity contribution is -0.125. The minimum atomic E-state index is -1.31. The van der Waals surface area contributed by atoms with Gasteiger partial charge in [-0.15, -0.1) is 0 Å². The van der Waals surface area contributed by atoms with E-state index in [1.54, 1.807) is 14.0 Å². The normalized spacial score (nSPS) is 21.0. The molecule has 148 valence electrons. The predicted molar refractivity (Wildman–Crippen MR) is 102 cm³/mol. The predicted octanol–water partition coefficient (Wildman–Crippen LogP) is 3.69. The lowest BCUT2D eigenvalue weighted by atomic mass is 9.87. The molecule has 1 aromatic heterocycles. The Morgan fingerprint density at radius 2 is 1.93 bits per heavy atom. The van der Waals surface area contributed by atoms with Crippen LogP contribution in [0, 0.1) is 11.6 Å². The molecular formula is C21H17F2N3O3. The fourth-order valence-electron chi connectivity index (χ4n) is 4.42. The van der Waals surface area contributed by atoms with Gasteiger partial charge in [-0.25, -0.2) is 18.5 Å². The number of H-pyrrole nitrogens is 1. The van der Waals surface area contributed by atoms with Crippen molar-refractivity contribution in [1.82, 2.24) is 9.88 Å². The quantitative estimate of drug-likeness (QED) is 0.671. The van der Waals surface area contributed by atoms with E-state index < -0.39 is 29.1 Å². The van der Waals surface area contributed by atoms with Gasteiger partial charge in [0.2, 0.25) is 0 Å². The number of halogens is 2. The number of imide groups is 1. The second kappa shape index (κ2) is 5.79. The first-order valence-electron chi connectivity index (χ1n) is 9.16. The summed E-state index contributed by atoms with van der Waals surface area (Å²) in [5, 5.41) is 0.923. The third-order valence-corrected chi connectivity index (χ3v) is 5.92. The van der Waals surface area contributed by atoms with Gasteiger partial charge in [-0.2, -0.15) is 0 Å². The van der Waals surface area contributed by atoms with Crippen molar-refractivity contribution in [3.05, 3.63) is 59.3 Å². The first kappa shape index (κ1) is 17.7. The summed E-state index contributed by atoms with van der Waals surface area (Å²) < 4.78 is 33.0. The number of amides is 3. The molecule has 1 N–H and O–H groups in total. The third kappa shape index (κ3) is 2.19. The minimum Gasteiger partial charge on any atom is -0.497 e. The Morgan fingerprint density at radius 3 is 2.66 bits per heavy atom. The monoisotopic (exact) mass is 397 g/mol. The number of rotatable bonds is 2. The zero-order valence-corrected chi connectivity index (χ0v) is 15.8.